The quantitative estimate of drug-likeness (QED) is 0.599. The van der Waals surface area contributed by atoms with Gasteiger partial charge in [-0.1, -0.05) is 29.5 Å². The fourth-order valence-electron chi connectivity index (χ4n) is 2.83. The van der Waals surface area contributed by atoms with Gasteiger partial charge in [0.05, 0.1) is 43.9 Å². The van der Waals surface area contributed by atoms with Crippen molar-refractivity contribution >= 4 is 32.6 Å². The predicted octanol–water partition coefficient (Wildman–Crippen LogP) is 2.77. The Kier molecular flexibility index (Phi) is 6.95. The predicted molar refractivity (Wildman–Crippen MR) is 111 cm³/mol. The molecule has 0 saturated heterocycles. The molecular formula is C21H25FN3O2S+. The van der Waals surface area contributed by atoms with Gasteiger partial charge in [0.15, 0.2) is 5.13 Å². The number of carbonyl (C=O) groups excluding carboxylic acids is 1. The number of ether oxygens (including phenoxy) is 1. The number of amides is 1. The topological polar surface area (TPSA) is 46.9 Å². The first-order chi connectivity index (χ1) is 13.5. The maximum atomic E-state index is 13.5. The highest BCUT2D eigenvalue weighted by Crippen LogP contribution is 2.30. The van der Waals surface area contributed by atoms with E-state index in [1.54, 1.807) is 11.0 Å². The summed E-state index contributed by atoms with van der Waals surface area (Å²) in [6.45, 7) is 1.83. The summed E-state index contributed by atoms with van der Waals surface area (Å²) in [6, 6.07) is 13.9. The van der Waals surface area contributed by atoms with E-state index in [0.717, 1.165) is 23.4 Å². The lowest BCUT2D eigenvalue weighted by molar-refractivity contribution is -0.858. The van der Waals surface area contributed by atoms with Crippen LogP contribution in [-0.2, 0) is 4.79 Å². The number of benzene rings is 2. The Hall–Kier alpha value is -2.51. The van der Waals surface area contributed by atoms with Crippen molar-refractivity contribution in [3.05, 3.63) is 54.3 Å². The molecule has 0 aliphatic rings. The van der Waals surface area contributed by atoms with E-state index in [2.05, 4.69) is 19.1 Å². The lowest BCUT2D eigenvalue weighted by atomic mass is 10.3. The Bertz CT molecular complexity index is 914. The van der Waals surface area contributed by atoms with Crippen LogP contribution in [0.5, 0.6) is 5.75 Å². The molecule has 3 rings (SSSR count). The highest BCUT2D eigenvalue weighted by molar-refractivity contribution is 7.22. The molecule has 1 N–H and O–H groups in total. The summed E-state index contributed by atoms with van der Waals surface area (Å²) in [4.78, 5) is 20.5. The molecule has 148 valence electrons. The molecule has 5 nitrogen and oxygen atoms in total. The van der Waals surface area contributed by atoms with Crippen molar-refractivity contribution in [1.29, 1.82) is 0 Å². The monoisotopic (exact) mass is 402 g/mol. The van der Waals surface area contributed by atoms with Crippen LogP contribution >= 0.6 is 11.3 Å². The van der Waals surface area contributed by atoms with Gasteiger partial charge in [0.1, 0.15) is 11.6 Å². The van der Waals surface area contributed by atoms with Crippen LogP contribution in [0.1, 0.15) is 12.8 Å². The number of aromatic nitrogens is 1. The van der Waals surface area contributed by atoms with Crippen LogP contribution in [0.15, 0.2) is 48.5 Å². The summed E-state index contributed by atoms with van der Waals surface area (Å²) in [6.07, 6.45) is 1.12. The molecule has 28 heavy (non-hydrogen) atoms. The van der Waals surface area contributed by atoms with Crippen LogP contribution in [0.25, 0.3) is 10.2 Å². The molecule has 1 amide bonds. The molecule has 0 aliphatic heterocycles. The Morgan fingerprint density at radius 3 is 2.75 bits per heavy atom. The average Bonchev–Trinajstić information content (AvgIpc) is 3.08. The maximum absolute atomic E-state index is 13.5. The van der Waals surface area contributed by atoms with Crippen LogP contribution < -0.4 is 14.5 Å². The van der Waals surface area contributed by atoms with Gasteiger partial charge in [-0.2, -0.15) is 0 Å². The van der Waals surface area contributed by atoms with Crippen LogP contribution in [0, 0.1) is 5.82 Å². The zero-order valence-corrected chi connectivity index (χ0v) is 17.0. The smallest absolute Gasteiger partial charge is 0.232 e. The number of nitrogens with zero attached hydrogens (tertiary/aromatic N) is 2. The Labute approximate surface area is 168 Å². The molecule has 1 aromatic heterocycles. The van der Waals surface area contributed by atoms with Gasteiger partial charge in [-0.05, 0) is 30.3 Å². The third kappa shape index (κ3) is 5.50. The van der Waals surface area contributed by atoms with Gasteiger partial charge in [0, 0.05) is 13.0 Å². The van der Waals surface area contributed by atoms with Crippen molar-refractivity contribution in [2.24, 2.45) is 0 Å². The van der Waals surface area contributed by atoms with Crippen molar-refractivity contribution in [2.45, 2.75) is 12.8 Å². The van der Waals surface area contributed by atoms with E-state index in [1.807, 2.05) is 30.3 Å². The summed E-state index contributed by atoms with van der Waals surface area (Å²) in [5, 5.41) is 0.610. The lowest BCUT2D eigenvalue weighted by Gasteiger charge is -2.20. The number of nitrogens with one attached hydrogen (secondary N) is 1. The SMILES string of the molecule is C[NH+](C)CCCN(C(=O)CCOc1ccccc1)c1nc2ccc(F)cc2s1. The summed E-state index contributed by atoms with van der Waals surface area (Å²) >= 11 is 1.34. The number of quaternary nitrogens is 1. The maximum Gasteiger partial charge on any atom is 0.232 e. The fourth-order valence-corrected chi connectivity index (χ4v) is 3.86. The third-order valence-electron chi connectivity index (χ3n) is 4.26. The number of anilines is 1. The molecule has 0 bridgehead atoms. The first kappa shape index (κ1) is 20.2. The van der Waals surface area contributed by atoms with Crippen molar-refractivity contribution in [3.8, 4) is 5.75 Å². The molecule has 1 heterocycles. The second-order valence-electron chi connectivity index (χ2n) is 6.88. The highest BCUT2D eigenvalue weighted by Gasteiger charge is 2.20. The molecule has 0 aliphatic carbocycles. The van der Waals surface area contributed by atoms with E-state index in [9.17, 15) is 9.18 Å². The molecule has 3 aromatic rings. The minimum absolute atomic E-state index is 0.0378. The number of carbonyl (C=O) groups is 1. The Morgan fingerprint density at radius 1 is 1.21 bits per heavy atom. The number of halogens is 1. The summed E-state index contributed by atoms with van der Waals surface area (Å²) in [5.74, 6) is 0.408. The second-order valence-corrected chi connectivity index (χ2v) is 7.89. The first-order valence-electron chi connectivity index (χ1n) is 9.36. The summed E-state index contributed by atoms with van der Waals surface area (Å²) in [7, 11) is 4.17. The average molecular weight is 403 g/mol. The zero-order chi connectivity index (χ0) is 19.9. The van der Waals surface area contributed by atoms with Gasteiger partial charge in [0.25, 0.3) is 0 Å². The normalized spacial score (nSPS) is 11.1. The largest absolute Gasteiger partial charge is 0.493 e. The molecule has 0 radical (unpaired) electrons. The number of thiazole rings is 1. The van der Waals surface area contributed by atoms with Gasteiger partial charge in [-0.25, -0.2) is 9.37 Å². The lowest BCUT2D eigenvalue weighted by Crippen LogP contribution is -3.05. The van der Waals surface area contributed by atoms with E-state index in [1.165, 1.54) is 28.4 Å². The number of para-hydroxylation sites is 1. The molecule has 0 spiro atoms. The number of fused-ring (bicyclic) bond motifs is 1. The standard InChI is InChI=1S/C21H24FN3O2S/c1-24(2)12-6-13-25(20(26)11-14-27-17-7-4-3-5-8-17)21-23-18-10-9-16(22)15-19(18)28-21/h3-5,7-10,15H,6,11-14H2,1-2H3/p+1. The molecular weight excluding hydrogens is 377 g/mol. The van der Waals surface area contributed by atoms with Crippen LogP contribution in [0.4, 0.5) is 9.52 Å². The molecule has 0 unspecified atom stereocenters. The summed E-state index contributed by atoms with van der Waals surface area (Å²) in [5.41, 5.74) is 0.706. The molecule has 2 aromatic carbocycles. The van der Waals surface area contributed by atoms with E-state index in [0.29, 0.717) is 23.8 Å². The number of rotatable bonds is 9. The van der Waals surface area contributed by atoms with E-state index < -0.39 is 0 Å². The van der Waals surface area contributed by atoms with Crippen LogP contribution in [-0.4, -0.2) is 44.7 Å². The van der Waals surface area contributed by atoms with Crippen molar-refractivity contribution in [3.63, 3.8) is 0 Å². The van der Waals surface area contributed by atoms with Crippen molar-refractivity contribution < 1.29 is 18.8 Å². The van der Waals surface area contributed by atoms with Crippen molar-refractivity contribution in [2.75, 3.05) is 38.7 Å². The molecule has 0 saturated carbocycles. The summed E-state index contributed by atoms with van der Waals surface area (Å²) < 4.78 is 19.9. The Morgan fingerprint density at radius 2 is 2.00 bits per heavy atom. The van der Waals surface area contributed by atoms with Crippen LogP contribution in [0.2, 0.25) is 0 Å². The fraction of sp³-hybridized carbons (Fsp3) is 0.333. The molecule has 7 heteroatoms. The van der Waals surface area contributed by atoms with E-state index >= 15 is 0 Å². The minimum atomic E-state index is -0.298. The van der Waals surface area contributed by atoms with Gasteiger partial charge >= 0.3 is 0 Å². The second kappa shape index (κ2) is 9.61. The van der Waals surface area contributed by atoms with E-state index in [4.69, 9.17) is 4.74 Å². The minimum Gasteiger partial charge on any atom is -0.493 e. The van der Waals surface area contributed by atoms with Crippen molar-refractivity contribution in [1.82, 2.24) is 4.98 Å². The van der Waals surface area contributed by atoms with Gasteiger partial charge < -0.3 is 9.64 Å². The first-order valence-corrected chi connectivity index (χ1v) is 10.2. The van der Waals surface area contributed by atoms with Gasteiger partial charge in [0.2, 0.25) is 5.91 Å². The number of hydrogen-bond donors (Lipinski definition) is 1. The zero-order valence-electron chi connectivity index (χ0n) is 16.2. The number of hydrogen-bond acceptors (Lipinski definition) is 4. The third-order valence-corrected chi connectivity index (χ3v) is 5.30. The molecule has 0 fully saturated rings. The van der Waals surface area contributed by atoms with E-state index in [-0.39, 0.29) is 18.1 Å². The van der Waals surface area contributed by atoms with Gasteiger partial charge in [-0.15, -0.1) is 0 Å². The highest BCUT2D eigenvalue weighted by atomic mass is 32.1. The Balaban J connectivity index is 1.70. The van der Waals surface area contributed by atoms with Gasteiger partial charge in [-0.3, -0.25) is 9.69 Å². The molecule has 0 atom stereocenters. The van der Waals surface area contributed by atoms with Crippen LogP contribution in [0.3, 0.4) is 0 Å².